The van der Waals surface area contributed by atoms with Crippen LogP contribution in [-0.2, 0) is 20.7 Å². The van der Waals surface area contributed by atoms with Gasteiger partial charge in [-0.25, -0.2) is 9.78 Å². The number of anilines is 1. The highest BCUT2D eigenvalue weighted by atomic mass is 32.2. The molecule has 0 aliphatic rings. The molecule has 1 N–H and O–H groups in total. The molecular formula is C18H20N2O3S2. The van der Waals surface area contributed by atoms with Crippen LogP contribution in [0.5, 0.6) is 0 Å². The van der Waals surface area contributed by atoms with Gasteiger partial charge in [-0.2, -0.15) is 0 Å². The standard InChI is InChI=1S/C18H20N2O3S2/c1-4-23-17(22)10-7-13-5-8-14(9-6-13)20-16(21)11-15-12(2)19-18(24-3)25-15/h5-10H,4,11H2,1-3H3,(H,20,21)/b10-7+. The van der Waals surface area contributed by atoms with Crippen LogP contribution in [0.3, 0.4) is 0 Å². The normalized spacial score (nSPS) is 10.8. The van der Waals surface area contributed by atoms with Crippen LogP contribution in [0.25, 0.3) is 6.08 Å². The average molecular weight is 377 g/mol. The van der Waals surface area contributed by atoms with Crippen LogP contribution in [0.15, 0.2) is 34.7 Å². The number of amides is 1. The highest BCUT2D eigenvalue weighted by Gasteiger charge is 2.11. The van der Waals surface area contributed by atoms with Gasteiger partial charge in [0.25, 0.3) is 0 Å². The Morgan fingerprint density at radius 1 is 1.32 bits per heavy atom. The van der Waals surface area contributed by atoms with Crippen molar-refractivity contribution >= 4 is 46.7 Å². The van der Waals surface area contributed by atoms with E-state index < -0.39 is 0 Å². The molecule has 0 saturated heterocycles. The quantitative estimate of drug-likeness (QED) is 0.450. The van der Waals surface area contributed by atoms with Crippen LogP contribution in [0, 0.1) is 6.92 Å². The molecule has 0 fully saturated rings. The van der Waals surface area contributed by atoms with Crippen molar-refractivity contribution in [1.29, 1.82) is 0 Å². The number of thioether (sulfide) groups is 1. The molecule has 7 heteroatoms. The summed E-state index contributed by atoms with van der Waals surface area (Å²) in [6.45, 7) is 4.04. The number of hydrogen-bond donors (Lipinski definition) is 1. The third kappa shape index (κ3) is 6.03. The Hall–Kier alpha value is -2.12. The Bertz CT molecular complexity index is 767. The monoisotopic (exact) mass is 376 g/mol. The molecule has 2 aromatic rings. The second-order valence-corrected chi connectivity index (χ2v) is 7.26. The maximum absolute atomic E-state index is 12.2. The Balaban J connectivity index is 1.92. The van der Waals surface area contributed by atoms with Gasteiger partial charge in [0.2, 0.25) is 5.91 Å². The number of rotatable bonds is 7. The summed E-state index contributed by atoms with van der Waals surface area (Å²) >= 11 is 3.13. The molecule has 1 aromatic carbocycles. The summed E-state index contributed by atoms with van der Waals surface area (Å²) in [6, 6.07) is 7.26. The van der Waals surface area contributed by atoms with E-state index in [1.165, 1.54) is 6.08 Å². The Morgan fingerprint density at radius 2 is 2.04 bits per heavy atom. The average Bonchev–Trinajstić information content (AvgIpc) is 2.94. The van der Waals surface area contributed by atoms with Gasteiger partial charge in [-0.15, -0.1) is 11.3 Å². The number of nitrogens with one attached hydrogen (secondary N) is 1. The lowest BCUT2D eigenvalue weighted by Gasteiger charge is -2.05. The van der Waals surface area contributed by atoms with Crippen LogP contribution in [0.4, 0.5) is 5.69 Å². The van der Waals surface area contributed by atoms with E-state index in [-0.39, 0.29) is 11.9 Å². The molecule has 0 unspecified atom stereocenters. The predicted molar refractivity (Wildman–Crippen MR) is 103 cm³/mol. The summed E-state index contributed by atoms with van der Waals surface area (Å²) in [5, 5.41) is 2.87. The number of benzene rings is 1. The highest BCUT2D eigenvalue weighted by molar-refractivity contribution is 8.00. The lowest BCUT2D eigenvalue weighted by molar-refractivity contribution is -0.137. The van der Waals surface area contributed by atoms with Crippen LogP contribution in [0.1, 0.15) is 23.1 Å². The van der Waals surface area contributed by atoms with E-state index in [1.54, 1.807) is 48.2 Å². The zero-order valence-electron chi connectivity index (χ0n) is 14.4. The molecule has 2 rings (SSSR count). The summed E-state index contributed by atoms with van der Waals surface area (Å²) in [5.41, 5.74) is 2.48. The zero-order chi connectivity index (χ0) is 18.2. The first-order valence-electron chi connectivity index (χ1n) is 7.77. The van der Waals surface area contributed by atoms with E-state index in [2.05, 4.69) is 10.3 Å². The lowest BCUT2D eigenvalue weighted by atomic mass is 10.2. The van der Waals surface area contributed by atoms with Crippen LogP contribution in [-0.4, -0.2) is 29.7 Å². The summed E-state index contributed by atoms with van der Waals surface area (Å²) < 4.78 is 5.80. The van der Waals surface area contributed by atoms with E-state index in [0.29, 0.717) is 18.7 Å². The molecular weight excluding hydrogens is 356 g/mol. The fraction of sp³-hybridized carbons (Fsp3) is 0.278. The number of carbonyl (C=O) groups is 2. The molecule has 0 radical (unpaired) electrons. The van der Waals surface area contributed by atoms with Crippen molar-refractivity contribution in [3.8, 4) is 0 Å². The second-order valence-electron chi connectivity index (χ2n) is 5.12. The van der Waals surface area contributed by atoms with Gasteiger partial charge in [0, 0.05) is 16.6 Å². The molecule has 0 spiro atoms. The van der Waals surface area contributed by atoms with Crippen molar-refractivity contribution in [2.45, 2.75) is 24.6 Å². The van der Waals surface area contributed by atoms with Gasteiger partial charge >= 0.3 is 5.97 Å². The van der Waals surface area contributed by atoms with Crippen LogP contribution < -0.4 is 5.32 Å². The molecule has 1 amide bonds. The molecule has 1 aromatic heterocycles. The summed E-state index contributed by atoms with van der Waals surface area (Å²) in [7, 11) is 0. The van der Waals surface area contributed by atoms with E-state index in [4.69, 9.17) is 4.74 Å². The van der Waals surface area contributed by atoms with Crippen molar-refractivity contribution in [3.05, 3.63) is 46.5 Å². The van der Waals surface area contributed by atoms with Crippen molar-refractivity contribution in [1.82, 2.24) is 4.98 Å². The molecule has 0 atom stereocenters. The van der Waals surface area contributed by atoms with E-state index in [0.717, 1.165) is 20.5 Å². The van der Waals surface area contributed by atoms with Gasteiger partial charge in [-0.05, 0) is 43.9 Å². The van der Waals surface area contributed by atoms with Crippen LogP contribution in [0.2, 0.25) is 0 Å². The first kappa shape index (κ1) is 19.2. The van der Waals surface area contributed by atoms with E-state index in [9.17, 15) is 9.59 Å². The molecule has 0 aliphatic heterocycles. The first-order chi connectivity index (χ1) is 12.0. The highest BCUT2D eigenvalue weighted by Crippen LogP contribution is 2.26. The molecule has 1 heterocycles. The number of nitrogens with zero attached hydrogens (tertiary/aromatic N) is 1. The number of thiazole rings is 1. The smallest absolute Gasteiger partial charge is 0.330 e. The van der Waals surface area contributed by atoms with Gasteiger partial charge in [0.15, 0.2) is 0 Å². The fourth-order valence-electron chi connectivity index (χ4n) is 2.04. The number of hydrogen-bond acceptors (Lipinski definition) is 6. The van der Waals surface area contributed by atoms with Crippen molar-refractivity contribution in [2.75, 3.05) is 18.2 Å². The summed E-state index contributed by atoms with van der Waals surface area (Å²) in [4.78, 5) is 28.9. The zero-order valence-corrected chi connectivity index (χ0v) is 16.0. The summed E-state index contributed by atoms with van der Waals surface area (Å²) in [5.74, 6) is -0.446. The van der Waals surface area contributed by atoms with Crippen LogP contribution >= 0.6 is 23.1 Å². The van der Waals surface area contributed by atoms with Gasteiger partial charge < -0.3 is 10.1 Å². The number of esters is 1. The largest absolute Gasteiger partial charge is 0.463 e. The van der Waals surface area contributed by atoms with Gasteiger partial charge in [-0.3, -0.25) is 4.79 Å². The topological polar surface area (TPSA) is 68.3 Å². The summed E-state index contributed by atoms with van der Waals surface area (Å²) in [6.07, 6.45) is 5.34. The molecule has 5 nitrogen and oxygen atoms in total. The Kier molecular flexibility index (Phi) is 7.21. The predicted octanol–water partition coefficient (Wildman–Crippen LogP) is 3.93. The van der Waals surface area contributed by atoms with Crippen molar-refractivity contribution in [3.63, 3.8) is 0 Å². The third-order valence-electron chi connectivity index (χ3n) is 3.26. The molecule has 25 heavy (non-hydrogen) atoms. The lowest BCUT2D eigenvalue weighted by Crippen LogP contribution is -2.14. The van der Waals surface area contributed by atoms with Gasteiger partial charge in [0.05, 0.1) is 18.7 Å². The first-order valence-corrected chi connectivity index (χ1v) is 9.81. The van der Waals surface area contributed by atoms with Gasteiger partial charge in [0.1, 0.15) is 4.34 Å². The number of aromatic nitrogens is 1. The number of carbonyl (C=O) groups excluding carboxylic acids is 2. The van der Waals surface area contributed by atoms with Crippen molar-refractivity contribution in [2.24, 2.45) is 0 Å². The SMILES string of the molecule is CCOC(=O)/C=C/c1ccc(NC(=O)Cc2sc(SC)nc2C)cc1. The minimum absolute atomic E-state index is 0.0748. The van der Waals surface area contributed by atoms with Crippen molar-refractivity contribution < 1.29 is 14.3 Å². The Morgan fingerprint density at radius 3 is 2.64 bits per heavy atom. The minimum Gasteiger partial charge on any atom is -0.463 e. The number of aryl methyl sites for hydroxylation is 1. The fourth-order valence-corrected chi connectivity index (χ4v) is 3.69. The Labute approximate surface area is 155 Å². The van der Waals surface area contributed by atoms with E-state index >= 15 is 0 Å². The van der Waals surface area contributed by atoms with E-state index in [1.807, 2.05) is 25.3 Å². The molecule has 0 bridgehead atoms. The molecule has 0 saturated carbocycles. The molecule has 0 aliphatic carbocycles. The maximum Gasteiger partial charge on any atom is 0.330 e. The van der Waals surface area contributed by atoms with Gasteiger partial charge in [-0.1, -0.05) is 23.9 Å². The molecule has 132 valence electrons. The number of ether oxygens (including phenoxy) is 1. The maximum atomic E-state index is 12.2. The minimum atomic E-state index is -0.371. The third-order valence-corrected chi connectivity index (χ3v) is 5.40. The second kappa shape index (κ2) is 9.39.